The van der Waals surface area contributed by atoms with Crippen molar-refractivity contribution in [3.63, 3.8) is 0 Å². The molecule has 1 aliphatic heterocycles. The minimum absolute atomic E-state index is 0.0968. The predicted molar refractivity (Wildman–Crippen MR) is 70.8 cm³/mol. The Bertz CT molecular complexity index is 233. The number of nitrogens with one attached hydrogen (secondary N) is 1. The molecule has 1 fully saturated rings. The Morgan fingerprint density at radius 3 is 2.53 bits per heavy atom. The number of rotatable bonds is 6. The average molecular weight is 241 g/mol. The summed E-state index contributed by atoms with van der Waals surface area (Å²) in [5.74, 6) is 0.0968. The summed E-state index contributed by atoms with van der Waals surface area (Å²) in [7, 11) is 0. The van der Waals surface area contributed by atoms with Gasteiger partial charge in [0.2, 0.25) is 5.91 Å². The summed E-state index contributed by atoms with van der Waals surface area (Å²) < 4.78 is 0. The zero-order valence-electron chi connectivity index (χ0n) is 11.3. The van der Waals surface area contributed by atoms with Crippen LogP contribution in [0.3, 0.4) is 0 Å². The number of hydrogen-bond acceptors (Lipinski definition) is 3. The Kier molecular flexibility index (Phi) is 5.92. The van der Waals surface area contributed by atoms with Crippen LogP contribution >= 0.6 is 0 Å². The van der Waals surface area contributed by atoms with Gasteiger partial charge in [-0.15, -0.1) is 0 Å². The maximum absolute atomic E-state index is 12.0. The quantitative estimate of drug-likeness (QED) is 0.728. The Labute approximate surface area is 105 Å². The van der Waals surface area contributed by atoms with E-state index in [2.05, 4.69) is 10.2 Å². The van der Waals surface area contributed by atoms with Gasteiger partial charge in [0, 0.05) is 19.6 Å². The molecule has 1 atom stereocenters. The van der Waals surface area contributed by atoms with E-state index in [9.17, 15) is 4.79 Å². The van der Waals surface area contributed by atoms with Crippen LogP contribution in [0.15, 0.2) is 0 Å². The molecular formula is C13H27N3O. The number of carbonyl (C=O) groups is 1. The van der Waals surface area contributed by atoms with Crippen LogP contribution in [-0.4, -0.2) is 43.5 Å². The van der Waals surface area contributed by atoms with Crippen molar-refractivity contribution in [3.8, 4) is 0 Å². The number of amides is 1. The highest BCUT2D eigenvalue weighted by Crippen LogP contribution is 2.18. The lowest BCUT2D eigenvalue weighted by atomic mass is 9.87. The van der Waals surface area contributed by atoms with Gasteiger partial charge >= 0.3 is 0 Å². The monoisotopic (exact) mass is 241 g/mol. The topological polar surface area (TPSA) is 58.4 Å². The second kappa shape index (κ2) is 6.97. The first kappa shape index (κ1) is 14.5. The highest BCUT2D eigenvalue weighted by molar-refractivity contribution is 5.82. The number of piperidine rings is 1. The van der Waals surface area contributed by atoms with Gasteiger partial charge in [0.1, 0.15) is 0 Å². The molecule has 1 aliphatic rings. The first-order valence-electron chi connectivity index (χ1n) is 6.83. The molecule has 1 rings (SSSR count). The standard InChI is InChI=1S/C13H27N3O/c1-3-13(2,11-14)12(17)15-7-10-16-8-5-4-6-9-16/h3-11,14H2,1-2H3,(H,15,17). The molecule has 0 aromatic heterocycles. The summed E-state index contributed by atoms with van der Waals surface area (Å²) in [6, 6.07) is 0. The van der Waals surface area contributed by atoms with Crippen LogP contribution in [0.25, 0.3) is 0 Å². The maximum Gasteiger partial charge on any atom is 0.227 e. The van der Waals surface area contributed by atoms with Crippen molar-refractivity contribution in [1.29, 1.82) is 0 Å². The van der Waals surface area contributed by atoms with E-state index in [-0.39, 0.29) is 5.91 Å². The third-order valence-electron chi connectivity index (χ3n) is 3.94. The van der Waals surface area contributed by atoms with Gasteiger partial charge in [-0.3, -0.25) is 4.79 Å². The predicted octanol–water partition coefficient (Wildman–Crippen LogP) is 0.964. The molecule has 4 heteroatoms. The number of carbonyl (C=O) groups excluding carboxylic acids is 1. The van der Waals surface area contributed by atoms with E-state index in [4.69, 9.17) is 5.73 Å². The van der Waals surface area contributed by atoms with Crippen LogP contribution in [0.4, 0.5) is 0 Å². The number of likely N-dealkylation sites (tertiary alicyclic amines) is 1. The van der Waals surface area contributed by atoms with Gasteiger partial charge in [-0.25, -0.2) is 0 Å². The number of nitrogens with two attached hydrogens (primary N) is 1. The summed E-state index contributed by atoms with van der Waals surface area (Å²) in [5.41, 5.74) is 5.26. The lowest BCUT2D eigenvalue weighted by Crippen LogP contribution is -2.46. The van der Waals surface area contributed by atoms with E-state index in [1.807, 2.05) is 13.8 Å². The van der Waals surface area contributed by atoms with Crippen LogP contribution in [0, 0.1) is 5.41 Å². The number of nitrogens with zero attached hydrogens (tertiary/aromatic N) is 1. The summed E-state index contributed by atoms with van der Waals surface area (Å²) >= 11 is 0. The van der Waals surface area contributed by atoms with Gasteiger partial charge in [0.15, 0.2) is 0 Å². The van der Waals surface area contributed by atoms with Crippen LogP contribution in [0.5, 0.6) is 0 Å². The molecule has 100 valence electrons. The Balaban J connectivity index is 2.23. The summed E-state index contributed by atoms with van der Waals surface area (Å²) in [6.07, 6.45) is 4.73. The Hall–Kier alpha value is -0.610. The molecule has 17 heavy (non-hydrogen) atoms. The fraction of sp³-hybridized carbons (Fsp3) is 0.923. The molecule has 3 N–H and O–H groups in total. The normalized spacial score (nSPS) is 20.9. The average Bonchev–Trinajstić information content (AvgIpc) is 2.39. The van der Waals surface area contributed by atoms with Gasteiger partial charge in [0.25, 0.3) is 0 Å². The molecule has 0 aromatic carbocycles. The molecule has 1 heterocycles. The van der Waals surface area contributed by atoms with Crippen molar-refractivity contribution >= 4 is 5.91 Å². The minimum Gasteiger partial charge on any atom is -0.354 e. The van der Waals surface area contributed by atoms with Crippen molar-refractivity contribution in [3.05, 3.63) is 0 Å². The van der Waals surface area contributed by atoms with Gasteiger partial charge in [-0.1, -0.05) is 13.3 Å². The first-order chi connectivity index (χ1) is 8.12. The molecular weight excluding hydrogens is 214 g/mol. The summed E-state index contributed by atoms with van der Waals surface area (Å²) in [4.78, 5) is 14.4. The molecule has 0 aromatic rings. The van der Waals surface area contributed by atoms with E-state index in [1.54, 1.807) is 0 Å². The lowest BCUT2D eigenvalue weighted by molar-refractivity contribution is -0.129. The smallest absolute Gasteiger partial charge is 0.227 e. The third-order valence-corrected chi connectivity index (χ3v) is 3.94. The van der Waals surface area contributed by atoms with Crippen LogP contribution in [-0.2, 0) is 4.79 Å². The molecule has 0 spiro atoms. The second-order valence-corrected chi connectivity index (χ2v) is 5.28. The molecule has 1 amide bonds. The van der Waals surface area contributed by atoms with Crippen molar-refractivity contribution < 1.29 is 4.79 Å². The molecule has 0 radical (unpaired) electrons. The fourth-order valence-electron chi connectivity index (χ4n) is 2.12. The van der Waals surface area contributed by atoms with E-state index in [0.717, 1.165) is 19.5 Å². The van der Waals surface area contributed by atoms with Crippen molar-refractivity contribution in [1.82, 2.24) is 10.2 Å². The fourth-order valence-corrected chi connectivity index (χ4v) is 2.12. The van der Waals surface area contributed by atoms with E-state index < -0.39 is 5.41 Å². The SMILES string of the molecule is CCC(C)(CN)C(=O)NCCN1CCCCC1. The highest BCUT2D eigenvalue weighted by atomic mass is 16.2. The second-order valence-electron chi connectivity index (χ2n) is 5.28. The van der Waals surface area contributed by atoms with Crippen molar-refractivity contribution in [2.24, 2.45) is 11.1 Å². The van der Waals surface area contributed by atoms with Crippen molar-refractivity contribution in [2.75, 3.05) is 32.7 Å². The molecule has 1 unspecified atom stereocenters. The molecule has 0 saturated carbocycles. The number of hydrogen-bond donors (Lipinski definition) is 2. The van der Waals surface area contributed by atoms with Crippen LogP contribution in [0.2, 0.25) is 0 Å². The summed E-state index contributed by atoms with van der Waals surface area (Å²) in [5, 5.41) is 3.01. The van der Waals surface area contributed by atoms with E-state index in [0.29, 0.717) is 6.54 Å². The molecule has 4 nitrogen and oxygen atoms in total. The summed E-state index contributed by atoms with van der Waals surface area (Å²) in [6.45, 7) is 8.43. The molecule has 0 aliphatic carbocycles. The van der Waals surface area contributed by atoms with Crippen LogP contribution < -0.4 is 11.1 Å². The first-order valence-corrected chi connectivity index (χ1v) is 6.83. The highest BCUT2D eigenvalue weighted by Gasteiger charge is 2.29. The minimum atomic E-state index is -0.401. The molecule has 1 saturated heterocycles. The van der Waals surface area contributed by atoms with Crippen molar-refractivity contribution in [2.45, 2.75) is 39.5 Å². The molecule has 0 bridgehead atoms. The van der Waals surface area contributed by atoms with E-state index in [1.165, 1.54) is 32.4 Å². The van der Waals surface area contributed by atoms with Gasteiger partial charge in [-0.2, -0.15) is 0 Å². The van der Waals surface area contributed by atoms with E-state index >= 15 is 0 Å². The van der Waals surface area contributed by atoms with Gasteiger partial charge in [-0.05, 0) is 39.3 Å². The lowest BCUT2D eigenvalue weighted by Gasteiger charge is -2.28. The largest absolute Gasteiger partial charge is 0.354 e. The Morgan fingerprint density at radius 2 is 2.00 bits per heavy atom. The van der Waals surface area contributed by atoms with Gasteiger partial charge < -0.3 is 16.0 Å². The third kappa shape index (κ3) is 4.28. The zero-order valence-corrected chi connectivity index (χ0v) is 11.3. The maximum atomic E-state index is 12.0. The van der Waals surface area contributed by atoms with Gasteiger partial charge in [0.05, 0.1) is 5.41 Å². The zero-order chi connectivity index (χ0) is 12.7. The Morgan fingerprint density at radius 1 is 1.35 bits per heavy atom. The van der Waals surface area contributed by atoms with Crippen LogP contribution in [0.1, 0.15) is 39.5 Å².